The molecule has 0 aliphatic carbocycles. The molecule has 0 fully saturated rings. The van der Waals surface area contributed by atoms with Crippen molar-refractivity contribution in [1.29, 1.82) is 0 Å². The summed E-state index contributed by atoms with van der Waals surface area (Å²) in [5.41, 5.74) is 6.42. The highest BCUT2D eigenvalue weighted by Crippen LogP contribution is 2.30. The molecule has 0 amide bonds. The average molecular weight is 249 g/mol. The molecule has 1 nitrogen and oxygen atoms in total. The van der Waals surface area contributed by atoms with Gasteiger partial charge in [-0.05, 0) is 35.6 Å². The number of para-hydroxylation sites is 1. The number of nitrogens with one attached hydrogen (secondary N) is 1. The largest absolute Gasteiger partial charge is 0.354 e. The summed E-state index contributed by atoms with van der Waals surface area (Å²) in [6.07, 6.45) is 0. The van der Waals surface area contributed by atoms with Gasteiger partial charge >= 0.3 is 0 Å². The topological polar surface area (TPSA) is 15.8 Å². The summed E-state index contributed by atoms with van der Waals surface area (Å²) in [5, 5.41) is 1.31. The van der Waals surface area contributed by atoms with Gasteiger partial charge in [-0.3, -0.25) is 0 Å². The molecule has 0 saturated carbocycles. The van der Waals surface area contributed by atoms with Gasteiger partial charge in [-0.1, -0.05) is 56.3 Å². The van der Waals surface area contributed by atoms with Crippen molar-refractivity contribution in [3.63, 3.8) is 0 Å². The lowest BCUT2D eigenvalue weighted by atomic mass is 9.99. The number of hydrogen-bond acceptors (Lipinski definition) is 0. The predicted octanol–water partition coefficient (Wildman–Crippen LogP) is 5.27. The Morgan fingerprint density at radius 1 is 0.895 bits per heavy atom. The smallest absolute Gasteiger partial charge is 0.0494 e. The predicted molar refractivity (Wildman–Crippen MR) is 82.6 cm³/mol. The minimum Gasteiger partial charge on any atom is -0.354 e. The maximum Gasteiger partial charge on any atom is 0.0494 e. The molecular formula is C18H19N. The zero-order valence-corrected chi connectivity index (χ0v) is 11.7. The van der Waals surface area contributed by atoms with E-state index in [-0.39, 0.29) is 0 Å². The van der Waals surface area contributed by atoms with Crippen LogP contribution in [0.2, 0.25) is 0 Å². The first-order valence-electron chi connectivity index (χ1n) is 6.84. The van der Waals surface area contributed by atoms with E-state index in [2.05, 4.69) is 74.3 Å². The van der Waals surface area contributed by atoms with Gasteiger partial charge in [0.15, 0.2) is 0 Å². The Morgan fingerprint density at radius 2 is 1.58 bits per heavy atom. The summed E-state index contributed by atoms with van der Waals surface area (Å²) in [4.78, 5) is 3.53. The van der Waals surface area contributed by atoms with E-state index in [1.54, 1.807) is 0 Å². The third-order valence-electron chi connectivity index (χ3n) is 3.83. The summed E-state index contributed by atoms with van der Waals surface area (Å²) in [6, 6.07) is 17.4. The van der Waals surface area contributed by atoms with Gasteiger partial charge in [0.1, 0.15) is 0 Å². The van der Waals surface area contributed by atoms with E-state index >= 15 is 0 Å². The Balaban J connectivity index is 2.11. The van der Waals surface area contributed by atoms with Crippen molar-refractivity contribution in [2.75, 3.05) is 0 Å². The van der Waals surface area contributed by atoms with Crippen LogP contribution in [0.4, 0.5) is 0 Å². The van der Waals surface area contributed by atoms with Crippen LogP contribution in [0.3, 0.4) is 0 Å². The van der Waals surface area contributed by atoms with E-state index in [1.807, 2.05) is 0 Å². The highest BCUT2D eigenvalue weighted by Gasteiger charge is 2.09. The van der Waals surface area contributed by atoms with Crippen LogP contribution in [0, 0.1) is 6.92 Å². The van der Waals surface area contributed by atoms with E-state index in [0.717, 1.165) is 0 Å². The van der Waals surface area contributed by atoms with Crippen LogP contribution in [-0.2, 0) is 0 Å². The SMILES string of the molecule is Cc1c(-c2ccc(C(C)C)cc2)[nH]c2ccccc12. The fourth-order valence-corrected chi connectivity index (χ4v) is 2.61. The number of hydrogen-bond donors (Lipinski definition) is 1. The molecule has 2 aromatic carbocycles. The second-order valence-corrected chi connectivity index (χ2v) is 5.45. The van der Waals surface area contributed by atoms with Gasteiger partial charge in [0.05, 0.1) is 0 Å². The van der Waals surface area contributed by atoms with Crippen LogP contribution in [0.1, 0.15) is 30.9 Å². The molecule has 0 unspecified atom stereocenters. The van der Waals surface area contributed by atoms with Crippen molar-refractivity contribution >= 4 is 10.9 Å². The molecule has 0 atom stereocenters. The highest BCUT2D eigenvalue weighted by atomic mass is 14.7. The van der Waals surface area contributed by atoms with Crippen molar-refractivity contribution in [2.45, 2.75) is 26.7 Å². The van der Waals surface area contributed by atoms with Crippen molar-refractivity contribution in [3.8, 4) is 11.3 Å². The van der Waals surface area contributed by atoms with Crippen LogP contribution in [0.5, 0.6) is 0 Å². The number of aromatic amines is 1. The van der Waals surface area contributed by atoms with Crippen molar-refractivity contribution < 1.29 is 0 Å². The lowest BCUT2D eigenvalue weighted by Crippen LogP contribution is -1.87. The Kier molecular flexibility index (Phi) is 2.90. The standard InChI is InChI=1S/C18H19N/c1-12(2)14-8-10-15(11-9-14)18-13(3)16-6-4-5-7-17(16)19-18/h4-12,19H,1-3H3. The fraction of sp³-hybridized carbons (Fsp3) is 0.222. The maximum atomic E-state index is 3.53. The molecule has 96 valence electrons. The number of aromatic nitrogens is 1. The first kappa shape index (κ1) is 12.0. The van der Waals surface area contributed by atoms with E-state index < -0.39 is 0 Å². The van der Waals surface area contributed by atoms with Crippen molar-refractivity contribution in [1.82, 2.24) is 4.98 Å². The zero-order valence-electron chi connectivity index (χ0n) is 11.7. The Labute approximate surface area is 114 Å². The molecule has 0 bridgehead atoms. The third-order valence-corrected chi connectivity index (χ3v) is 3.83. The van der Waals surface area contributed by atoms with Gasteiger partial charge in [-0.2, -0.15) is 0 Å². The number of benzene rings is 2. The molecule has 3 rings (SSSR count). The molecule has 1 heteroatoms. The first-order valence-corrected chi connectivity index (χ1v) is 6.84. The number of rotatable bonds is 2. The second kappa shape index (κ2) is 4.58. The van der Waals surface area contributed by atoms with E-state index in [1.165, 1.54) is 33.3 Å². The normalized spacial score (nSPS) is 11.4. The molecule has 3 aromatic rings. The van der Waals surface area contributed by atoms with Gasteiger partial charge in [0, 0.05) is 16.6 Å². The van der Waals surface area contributed by atoms with Crippen LogP contribution < -0.4 is 0 Å². The van der Waals surface area contributed by atoms with Crippen LogP contribution in [-0.4, -0.2) is 4.98 Å². The van der Waals surface area contributed by atoms with Gasteiger partial charge in [0.25, 0.3) is 0 Å². The average Bonchev–Trinajstić information content (AvgIpc) is 2.77. The summed E-state index contributed by atoms with van der Waals surface area (Å²) < 4.78 is 0. The lowest BCUT2D eigenvalue weighted by Gasteiger charge is -2.06. The summed E-state index contributed by atoms with van der Waals surface area (Å²) in [6.45, 7) is 6.64. The van der Waals surface area contributed by atoms with Crippen molar-refractivity contribution in [3.05, 3.63) is 59.7 Å². The monoisotopic (exact) mass is 249 g/mol. The molecule has 1 heterocycles. The molecule has 1 N–H and O–H groups in total. The van der Waals surface area contributed by atoms with Gasteiger partial charge < -0.3 is 4.98 Å². The third kappa shape index (κ3) is 2.06. The number of H-pyrrole nitrogens is 1. The van der Waals surface area contributed by atoms with Gasteiger partial charge in [-0.25, -0.2) is 0 Å². The molecule has 0 aliphatic rings. The quantitative estimate of drug-likeness (QED) is 0.637. The first-order chi connectivity index (χ1) is 9.16. The molecular weight excluding hydrogens is 230 g/mol. The summed E-state index contributed by atoms with van der Waals surface area (Å²) in [7, 11) is 0. The minimum atomic E-state index is 0.581. The molecule has 0 spiro atoms. The van der Waals surface area contributed by atoms with E-state index in [4.69, 9.17) is 0 Å². The summed E-state index contributed by atoms with van der Waals surface area (Å²) >= 11 is 0. The zero-order chi connectivity index (χ0) is 13.4. The van der Waals surface area contributed by atoms with E-state index in [0.29, 0.717) is 5.92 Å². The van der Waals surface area contributed by atoms with Crippen LogP contribution in [0.25, 0.3) is 22.2 Å². The van der Waals surface area contributed by atoms with E-state index in [9.17, 15) is 0 Å². The fourth-order valence-electron chi connectivity index (χ4n) is 2.61. The van der Waals surface area contributed by atoms with Gasteiger partial charge in [-0.15, -0.1) is 0 Å². The number of fused-ring (bicyclic) bond motifs is 1. The highest BCUT2D eigenvalue weighted by molar-refractivity contribution is 5.90. The molecule has 19 heavy (non-hydrogen) atoms. The Hall–Kier alpha value is -2.02. The molecule has 0 saturated heterocycles. The van der Waals surface area contributed by atoms with Crippen LogP contribution >= 0.6 is 0 Å². The molecule has 0 radical (unpaired) electrons. The van der Waals surface area contributed by atoms with Gasteiger partial charge in [0.2, 0.25) is 0 Å². The number of aryl methyl sites for hydroxylation is 1. The second-order valence-electron chi connectivity index (χ2n) is 5.45. The molecule has 1 aromatic heterocycles. The Morgan fingerprint density at radius 3 is 2.21 bits per heavy atom. The minimum absolute atomic E-state index is 0.581. The van der Waals surface area contributed by atoms with Crippen LogP contribution in [0.15, 0.2) is 48.5 Å². The Bertz CT molecular complexity index is 702. The maximum absolute atomic E-state index is 3.53. The lowest BCUT2D eigenvalue weighted by molar-refractivity contribution is 0.867. The van der Waals surface area contributed by atoms with Crippen molar-refractivity contribution in [2.24, 2.45) is 0 Å². The summed E-state index contributed by atoms with van der Waals surface area (Å²) in [5.74, 6) is 0.581. The molecule has 0 aliphatic heterocycles.